The minimum absolute atomic E-state index is 0.0558. The van der Waals surface area contributed by atoms with Crippen LogP contribution in [0, 0.1) is 12.7 Å². The van der Waals surface area contributed by atoms with Crippen molar-refractivity contribution in [2.24, 2.45) is 0 Å². The van der Waals surface area contributed by atoms with Crippen molar-refractivity contribution in [1.82, 2.24) is 4.90 Å². The summed E-state index contributed by atoms with van der Waals surface area (Å²) < 4.78 is 13.2. The lowest BCUT2D eigenvalue weighted by Crippen LogP contribution is -2.37. The number of carbonyl (C=O) groups excluding carboxylic acids is 2. The predicted molar refractivity (Wildman–Crippen MR) is 106 cm³/mol. The number of nitrogens with zero attached hydrogens (tertiary/aromatic N) is 1. The first-order valence-electron chi connectivity index (χ1n) is 8.84. The number of hydrogen-bond donors (Lipinski definition) is 2. The Kier molecular flexibility index (Phi) is 6.11. The van der Waals surface area contributed by atoms with Crippen molar-refractivity contribution < 1.29 is 19.1 Å². The highest BCUT2D eigenvalue weighted by Crippen LogP contribution is 2.31. The second kappa shape index (κ2) is 8.54. The smallest absolute Gasteiger partial charge is 0.326 e. The quantitative estimate of drug-likeness (QED) is 0.797. The van der Waals surface area contributed by atoms with Crippen molar-refractivity contribution in [3.05, 3.63) is 76.2 Å². The lowest BCUT2D eigenvalue weighted by molar-refractivity contribution is -0.116. The van der Waals surface area contributed by atoms with Gasteiger partial charge in [0.1, 0.15) is 5.82 Å². The molecule has 0 saturated carbocycles. The maximum atomic E-state index is 13.2. The van der Waals surface area contributed by atoms with E-state index < -0.39 is 12.1 Å². The molecule has 3 rings (SSSR count). The summed E-state index contributed by atoms with van der Waals surface area (Å²) in [6, 6.07) is 8.27. The van der Waals surface area contributed by atoms with Gasteiger partial charge in [0, 0.05) is 29.9 Å². The third-order valence-electron chi connectivity index (χ3n) is 4.66. The van der Waals surface area contributed by atoms with E-state index in [0.29, 0.717) is 22.7 Å². The average molecular weight is 403 g/mol. The number of benzene rings is 2. The largest absolute Gasteiger partial charge is 0.396 e. The number of rotatable bonds is 4. The molecule has 0 unspecified atom stereocenters. The molecule has 5 nitrogen and oxygen atoms in total. The molecule has 0 bridgehead atoms. The van der Waals surface area contributed by atoms with E-state index in [0.717, 1.165) is 11.1 Å². The molecular formula is C21H20ClFN2O3. The number of nitrogens with one attached hydrogen (secondary N) is 1. The van der Waals surface area contributed by atoms with E-state index in [1.807, 2.05) is 6.92 Å². The highest BCUT2D eigenvalue weighted by molar-refractivity contribution is 6.31. The number of hydrogen-bond acceptors (Lipinski definition) is 3. The fraction of sp³-hybridized carbons (Fsp3) is 0.238. The van der Waals surface area contributed by atoms with Gasteiger partial charge in [-0.3, -0.25) is 9.69 Å². The van der Waals surface area contributed by atoms with Gasteiger partial charge >= 0.3 is 6.03 Å². The molecule has 1 heterocycles. The zero-order chi connectivity index (χ0) is 20.3. The topological polar surface area (TPSA) is 69.6 Å². The second-order valence-corrected chi connectivity index (χ2v) is 7.03. The highest BCUT2D eigenvalue weighted by atomic mass is 35.5. The Morgan fingerprint density at radius 2 is 2.04 bits per heavy atom. The molecule has 1 atom stereocenters. The third kappa shape index (κ3) is 4.40. The van der Waals surface area contributed by atoms with Gasteiger partial charge in [0.15, 0.2) is 5.78 Å². The zero-order valence-corrected chi connectivity index (χ0v) is 16.0. The Bertz CT molecular complexity index is 928. The second-order valence-electron chi connectivity index (χ2n) is 6.62. The molecule has 0 aliphatic carbocycles. The molecular weight excluding hydrogens is 383 g/mol. The number of ketones is 1. The fourth-order valence-corrected chi connectivity index (χ4v) is 3.45. The number of amides is 2. The molecule has 2 amide bonds. The van der Waals surface area contributed by atoms with Gasteiger partial charge in [0.05, 0.1) is 6.04 Å². The molecule has 0 aromatic heterocycles. The normalized spacial score (nSPS) is 16.4. The van der Waals surface area contributed by atoms with Gasteiger partial charge in [0.25, 0.3) is 0 Å². The summed E-state index contributed by atoms with van der Waals surface area (Å²) >= 11 is 6.18. The van der Waals surface area contributed by atoms with Gasteiger partial charge in [0.2, 0.25) is 0 Å². The minimum Gasteiger partial charge on any atom is -0.396 e. The summed E-state index contributed by atoms with van der Waals surface area (Å²) in [5.74, 6) is -0.489. The van der Waals surface area contributed by atoms with E-state index in [1.54, 1.807) is 24.3 Å². The van der Waals surface area contributed by atoms with Crippen molar-refractivity contribution in [3.8, 4) is 0 Å². The summed E-state index contributed by atoms with van der Waals surface area (Å²) in [6.07, 6.45) is 3.28. The van der Waals surface area contributed by atoms with Crippen LogP contribution in [0.5, 0.6) is 0 Å². The maximum Gasteiger partial charge on any atom is 0.326 e. The van der Waals surface area contributed by atoms with Crippen molar-refractivity contribution >= 4 is 29.1 Å². The van der Waals surface area contributed by atoms with Crippen LogP contribution in [0.4, 0.5) is 14.9 Å². The number of carbonyl (C=O) groups is 2. The number of aliphatic hydroxyl groups is 1. The Morgan fingerprint density at radius 1 is 1.32 bits per heavy atom. The number of allylic oxidation sites excluding steroid dienone is 1. The van der Waals surface area contributed by atoms with Crippen LogP contribution in [-0.4, -0.2) is 28.4 Å². The van der Waals surface area contributed by atoms with Gasteiger partial charge in [-0.2, -0.15) is 0 Å². The van der Waals surface area contributed by atoms with E-state index in [2.05, 4.69) is 5.32 Å². The molecule has 1 aliphatic heterocycles. The number of urea groups is 1. The molecule has 7 heteroatoms. The number of anilines is 1. The van der Waals surface area contributed by atoms with Gasteiger partial charge < -0.3 is 10.4 Å². The molecule has 0 fully saturated rings. The molecule has 146 valence electrons. The Hall–Kier alpha value is -2.70. The van der Waals surface area contributed by atoms with Crippen molar-refractivity contribution in [3.63, 3.8) is 0 Å². The van der Waals surface area contributed by atoms with Crippen LogP contribution in [0.15, 0.2) is 48.7 Å². The molecule has 2 N–H and O–H groups in total. The van der Waals surface area contributed by atoms with Gasteiger partial charge in [-0.1, -0.05) is 23.7 Å². The summed E-state index contributed by atoms with van der Waals surface area (Å²) in [5, 5.41) is 12.5. The summed E-state index contributed by atoms with van der Waals surface area (Å²) in [6.45, 7) is 1.76. The van der Waals surface area contributed by atoms with Gasteiger partial charge in [-0.15, -0.1) is 0 Å². The average Bonchev–Trinajstić information content (AvgIpc) is 2.66. The molecule has 0 radical (unpaired) electrons. The SMILES string of the molecule is Cc1cc(Cl)c(CCO)cc1NC(=O)N1C=CC(=O)C[C@H]1c1ccc(F)cc1. The zero-order valence-electron chi connectivity index (χ0n) is 15.3. The third-order valence-corrected chi connectivity index (χ3v) is 5.01. The van der Waals surface area contributed by atoms with Crippen LogP contribution in [-0.2, 0) is 11.2 Å². The van der Waals surface area contributed by atoms with Crippen LogP contribution < -0.4 is 5.32 Å². The predicted octanol–water partition coefficient (Wildman–Crippen LogP) is 4.38. The lowest BCUT2D eigenvalue weighted by atomic mass is 9.97. The molecule has 0 saturated heterocycles. The van der Waals surface area contributed by atoms with Crippen LogP contribution >= 0.6 is 11.6 Å². The highest BCUT2D eigenvalue weighted by Gasteiger charge is 2.29. The lowest BCUT2D eigenvalue weighted by Gasteiger charge is -2.31. The first-order valence-corrected chi connectivity index (χ1v) is 9.22. The standard InChI is InChI=1S/C21H20ClFN2O3/c1-13-10-18(22)15(7-9-26)11-19(13)24-21(28)25-8-6-17(27)12-20(25)14-2-4-16(23)5-3-14/h2-6,8,10-11,20,26H,7,9,12H2,1H3,(H,24,28)/t20-/m0/s1. The van der Waals surface area contributed by atoms with Crippen molar-refractivity contribution in [1.29, 1.82) is 0 Å². The maximum absolute atomic E-state index is 13.2. The van der Waals surface area contributed by atoms with Crippen LogP contribution in [0.1, 0.15) is 29.2 Å². The van der Waals surface area contributed by atoms with E-state index in [-0.39, 0.29) is 24.6 Å². The molecule has 28 heavy (non-hydrogen) atoms. The van der Waals surface area contributed by atoms with Gasteiger partial charge in [-0.25, -0.2) is 9.18 Å². The van der Waals surface area contributed by atoms with Gasteiger partial charge in [-0.05, 0) is 60.4 Å². The molecule has 1 aliphatic rings. The van der Waals surface area contributed by atoms with Crippen molar-refractivity contribution in [2.45, 2.75) is 25.8 Å². The molecule has 2 aromatic rings. The Morgan fingerprint density at radius 3 is 2.71 bits per heavy atom. The number of aryl methyl sites for hydroxylation is 1. The van der Waals surface area contributed by atoms with Crippen LogP contribution in [0.25, 0.3) is 0 Å². The first-order chi connectivity index (χ1) is 13.4. The van der Waals surface area contributed by atoms with Crippen molar-refractivity contribution in [2.75, 3.05) is 11.9 Å². The van der Waals surface area contributed by atoms with E-state index in [4.69, 9.17) is 11.6 Å². The Labute approximate surface area is 167 Å². The van der Waals surface area contributed by atoms with Crippen LogP contribution in [0.2, 0.25) is 5.02 Å². The fourth-order valence-electron chi connectivity index (χ4n) is 3.14. The van der Waals surface area contributed by atoms with Crippen LogP contribution in [0.3, 0.4) is 0 Å². The summed E-state index contributed by atoms with van der Waals surface area (Å²) in [4.78, 5) is 26.2. The number of halogens is 2. The first kappa shape index (κ1) is 20.0. The molecule has 0 spiro atoms. The minimum atomic E-state index is -0.525. The van der Waals surface area contributed by atoms with E-state index in [9.17, 15) is 19.1 Å². The van der Waals surface area contributed by atoms with E-state index >= 15 is 0 Å². The summed E-state index contributed by atoms with van der Waals surface area (Å²) in [5.41, 5.74) is 2.74. The Balaban J connectivity index is 1.87. The summed E-state index contributed by atoms with van der Waals surface area (Å²) in [7, 11) is 0. The van der Waals surface area contributed by atoms with E-state index in [1.165, 1.54) is 29.3 Å². The molecule has 2 aromatic carbocycles. The number of aliphatic hydroxyl groups excluding tert-OH is 1. The monoisotopic (exact) mass is 402 g/mol.